The summed E-state index contributed by atoms with van der Waals surface area (Å²) in [6.07, 6.45) is -5.65. The van der Waals surface area contributed by atoms with E-state index in [2.05, 4.69) is 4.66 Å². The Labute approximate surface area is 109 Å². The van der Waals surface area contributed by atoms with Crippen LogP contribution in [0.5, 0.6) is 0 Å². The SMILES string of the molecule is C[Si](C)(C)/N=C(\c1ccccc1)C(F)(F)C(F)(F)F. The summed E-state index contributed by atoms with van der Waals surface area (Å²) in [5.74, 6) is -4.95. The molecule has 0 aliphatic heterocycles. The van der Waals surface area contributed by atoms with E-state index in [9.17, 15) is 22.0 Å². The first-order valence-electron chi connectivity index (χ1n) is 5.55. The number of nitrogens with zero attached hydrogens (tertiary/aromatic N) is 1. The summed E-state index contributed by atoms with van der Waals surface area (Å²) in [6, 6.07) is 6.77. The van der Waals surface area contributed by atoms with E-state index >= 15 is 0 Å². The number of hydrogen-bond donors (Lipinski definition) is 0. The normalized spacial score (nSPS) is 14.6. The topological polar surface area (TPSA) is 12.4 Å². The van der Waals surface area contributed by atoms with Crippen molar-refractivity contribution >= 4 is 13.9 Å². The molecule has 0 amide bonds. The van der Waals surface area contributed by atoms with Crippen LogP contribution in [0.1, 0.15) is 5.56 Å². The lowest BCUT2D eigenvalue weighted by Crippen LogP contribution is -2.46. The van der Waals surface area contributed by atoms with Crippen LogP contribution >= 0.6 is 0 Å². The smallest absolute Gasteiger partial charge is 0.320 e. The monoisotopic (exact) mass is 295 g/mol. The molecule has 0 fully saturated rings. The van der Waals surface area contributed by atoms with Crippen LogP contribution in [-0.4, -0.2) is 26.0 Å². The van der Waals surface area contributed by atoms with Crippen molar-refractivity contribution in [3.8, 4) is 0 Å². The number of rotatable bonds is 3. The standard InChI is InChI=1S/C12H14F5NSi/c1-19(2,3)18-10(9-7-5-4-6-8-9)11(13,14)12(15,16)17/h4-8H,1-3H3/b18-10+. The zero-order chi connectivity index (χ0) is 14.9. The molecule has 0 atom stereocenters. The van der Waals surface area contributed by atoms with Crippen LogP contribution in [-0.2, 0) is 0 Å². The van der Waals surface area contributed by atoms with Gasteiger partial charge in [-0.15, -0.1) is 0 Å². The van der Waals surface area contributed by atoms with Crippen molar-refractivity contribution in [3.05, 3.63) is 35.9 Å². The molecule has 7 heteroatoms. The van der Waals surface area contributed by atoms with Gasteiger partial charge in [0.15, 0.2) is 8.24 Å². The fourth-order valence-electron chi connectivity index (χ4n) is 1.38. The first-order chi connectivity index (χ1) is 8.45. The highest BCUT2D eigenvalue weighted by molar-refractivity contribution is 6.75. The molecule has 0 saturated heterocycles. The van der Waals surface area contributed by atoms with Crippen LogP contribution in [0.15, 0.2) is 35.0 Å². The summed E-state index contributed by atoms with van der Waals surface area (Å²) in [7, 11) is -2.48. The van der Waals surface area contributed by atoms with Gasteiger partial charge in [-0.05, 0) is 19.6 Å². The van der Waals surface area contributed by atoms with Gasteiger partial charge in [-0.3, -0.25) is 0 Å². The molecule has 1 rings (SSSR count). The maximum absolute atomic E-state index is 13.6. The van der Waals surface area contributed by atoms with Crippen LogP contribution < -0.4 is 0 Å². The van der Waals surface area contributed by atoms with E-state index in [0.29, 0.717) is 0 Å². The van der Waals surface area contributed by atoms with Crippen molar-refractivity contribution in [2.24, 2.45) is 4.66 Å². The summed E-state index contributed by atoms with van der Waals surface area (Å²) in [5.41, 5.74) is -1.40. The molecule has 0 aliphatic rings. The highest BCUT2D eigenvalue weighted by atomic mass is 28.3. The highest BCUT2D eigenvalue weighted by Gasteiger charge is 2.61. The average Bonchev–Trinajstić information content (AvgIpc) is 2.24. The number of halogens is 5. The first kappa shape index (κ1) is 15.8. The lowest BCUT2D eigenvalue weighted by molar-refractivity contribution is -0.248. The second-order valence-electron chi connectivity index (χ2n) is 5.07. The quantitative estimate of drug-likeness (QED) is 0.442. The molecule has 0 bridgehead atoms. The minimum atomic E-state index is -5.65. The molecule has 1 aromatic carbocycles. The van der Waals surface area contributed by atoms with Crippen LogP contribution in [0.3, 0.4) is 0 Å². The summed E-state index contributed by atoms with van der Waals surface area (Å²) in [5, 5.41) is 0. The lowest BCUT2D eigenvalue weighted by Gasteiger charge is -2.24. The van der Waals surface area contributed by atoms with Crippen LogP contribution in [0.4, 0.5) is 22.0 Å². The number of hydrogen-bond acceptors (Lipinski definition) is 1. The maximum Gasteiger partial charge on any atom is 0.459 e. The summed E-state index contributed by atoms with van der Waals surface area (Å²) < 4.78 is 68.4. The van der Waals surface area contributed by atoms with Crippen molar-refractivity contribution in [3.63, 3.8) is 0 Å². The molecule has 0 aliphatic carbocycles. The molecule has 0 N–H and O–H groups in total. The largest absolute Gasteiger partial charge is 0.459 e. The molecule has 0 radical (unpaired) electrons. The van der Waals surface area contributed by atoms with Crippen LogP contribution in [0.25, 0.3) is 0 Å². The summed E-state index contributed by atoms with van der Waals surface area (Å²) in [6.45, 7) is 4.80. The third-order valence-electron chi connectivity index (χ3n) is 2.15. The van der Waals surface area contributed by atoms with Crippen LogP contribution in [0.2, 0.25) is 19.6 Å². The molecule has 0 unspecified atom stereocenters. The molecule has 19 heavy (non-hydrogen) atoms. The fraction of sp³-hybridized carbons (Fsp3) is 0.417. The van der Waals surface area contributed by atoms with Gasteiger partial charge in [-0.25, -0.2) is 0 Å². The van der Waals surface area contributed by atoms with Crippen molar-refractivity contribution in [1.82, 2.24) is 0 Å². The Morgan fingerprint density at radius 2 is 1.42 bits per heavy atom. The maximum atomic E-state index is 13.6. The van der Waals surface area contributed by atoms with Crippen molar-refractivity contribution in [2.75, 3.05) is 0 Å². The Morgan fingerprint density at radius 1 is 0.947 bits per heavy atom. The minimum Gasteiger partial charge on any atom is -0.320 e. The molecule has 106 valence electrons. The van der Waals surface area contributed by atoms with Gasteiger partial charge >= 0.3 is 12.1 Å². The second kappa shape index (κ2) is 5.03. The minimum absolute atomic E-state index is 0.202. The molecule has 0 spiro atoms. The Hall–Kier alpha value is -1.24. The van der Waals surface area contributed by atoms with Crippen molar-refractivity contribution in [1.29, 1.82) is 0 Å². The van der Waals surface area contributed by atoms with Gasteiger partial charge in [0.05, 0.1) is 0 Å². The van der Waals surface area contributed by atoms with Gasteiger partial charge in [-0.2, -0.15) is 22.0 Å². The highest BCUT2D eigenvalue weighted by Crippen LogP contribution is 2.39. The van der Waals surface area contributed by atoms with E-state index in [-0.39, 0.29) is 5.56 Å². The predicted octanol–water partition coefficient (Wildman–Crippen LogP) is 4.51. The Bertz CT molecular complexity index is 459. The van der Waals surface area contributed by atoms with E-state index in [1.807, 2.05) is 0 Å². The van der Waals surface area contributed by atoms with E-state index in [1.165, 1.54) is 24.3 Å². The Balaban J connectivity index is 3.43. The fourth-order valence-corrected chi connectivity index (χ4v) is 2.32. The van der Waals surface area contributed by atoms with Gasteiger partial charge in [-0.1, -0.05) is 30.3 Å². The molecular weight excluding hydrogens is 281 g/mol. The zero-order valence-corrected chi connectivity index (χ0v) is 11.7. The molecule has 0 aromatic heterocycles. The number of alkyl halides is 5. The average molecular weight is 295 g/mol. The first-order valence-corrected chi connectivity index (χ1v) is 9.00. The summed E-state index contributed by atoms with van der Waals surface area (Å²) in [4.78, 5) is 0. The molecule has 1 nitrogen and oxygen atoms in total. The third kappa shape index (κ3) is 3.86. The Morgan fingerprint density at radius 3 is 1.79 bits per heavy atom. The number of benzene rings is 1. The van der Waals surface area contributed by atoms with Gasteiger partial charge in [0.1, 0.15) is 5.71 Å². The second-order valence-corrected chi connectivity index (χ2v) is 9.63. The molecule has 0 heterocycles. The van der Waals surface area contributed by atoms with Crippen molar-refractivity contribution < 1.29 is 22.0 Å². The zero-order valence-electron chi connectivity index (χ0n) is 10.7. The van der Waals surface area contributed by atoms with E-state index in [1.54, 1.807) is 25.7 Å². The molecule has 0 saturated carbocycles. The van der Waals surface area contributed by atoms with Gasteiger partial charge in [0.25, 0.3) is 0 Å². The van der Waals surface area contributed by atoms with Crippen LogP contribution in [0, 0.1) is 0 Å². The predicted molar refractivity (Wildman–Crippen MR) is 67.3 cm³/mol. The van der Waals surface area contributed by atoms with Gasteiger partial charge in [0.2, 0.25) is 0 Å². The third-order valence-corrected chi connectivity index (χ3v) is 3.04. The van der Waals surface area contributed by atoms with E-state index in [4.69, 9.17) is 0 Å². The summed E-state index contributed by atoms with van der Waals surface area (Å²) >= 11 is 0. The van der Waals surface area contributed by atoms with E-state index < -0.39 is 26.0 Å². The molecular formula is C12H14F5NSi. The Kier molecular flexibility index (Phi) is 4.19. The van der Waals surface area contributed by atoms with Gasteiger partial charge in [0, 0.05) is 5.56 Å². The van der Waals surface area contributed by atoms with Gasteiger partial charge < -0.3 is 4.66 Å². The lowest BCUT2D eigenvalue weighted by atomic mass is 10.0. The molecule has 1 aromatic rings. The van der Waals surface area contributed by atoms with Crippen molar-refractivity contribution in [2.45, 2.75) is 31.7 Å². The van der Waals surface area contributed by atoms with E-state index in [0.717, 1.165) is 0 Å².